The van der Waals surface area contributed by atoms with Crippen molar-refractivity contribution in [2.75, 3.05) is 11.7 Å². The van der Waals surface area contributed by atoms with Crippen molar-refractivity contribution in [2.24, 2.45) is 5.84 Å². The molecule has 0 aliphatic carbocycles. The number of thioether (sulfide) groups is 1. The molecule has 0 spiro atoms. The SMILES string of the molecule is CSc1nc(NN)cc(Sc2nnc(C)s2)n1. The Balaban J connectivity index is 2.25. The van der Waals surface area contributed by atoms with Crippen LogP contribution in [0.1, 0.15) is 5.01 Å². The zero-order chi connectivity index (χ0) is 12.3. The normalized spacial score (nSPS) is 10.5. The predicted molar refractivity (Wildman–Crippen MR) is 70.4 cm³/mol. The lowest BCUT2D eigenvalue weighted by molar-refractivity contribution is 0.890. The second kappa shape index (κ2) is 5.63. The average Bonchev–Trinajstić information content (AvgIpc) is 2.74. The molecule has 90 valence electrons. The van der Waals surface area contributed by atoms with E-state index in [-0.39, 0.29) is 0 Å². The molecule has 0 radical (unpaired) electrons. The van der Waals surface area contributed by atoms with E-state index in [2.05, 4.69) is 25.6 Å². The summed E-state index contributed by atoms with van der Waals surface area (Å²) in [6.45, 7) is 1.92. The van der Waals surface area contributed by atoms with E-state index in [1.54, 1.807) is 6.07 Å². The van der Waals surface area contributed by atoms with Crippen LogP contribution in [0.3, 0.4) is 0 Å². The number of aromatic nitrogens is 4. The Morgan fingerprint density at radius 3 is 2.76 bits per heavy atom. The monoisotopic (exact) mass is 286 g/mol. The summed E-state index contributed by atoms with van der Waals surface area (Å²) in [5, 5.41) is 10.4. The van der Waals surface area contributed by atoms with Gasteiger partial charge in [0.2, 0.25) is 0 Å². The van der Waals surface area contributed by atoms with Gasteiger partial charge in [0, 0.05) is 6.07 Å². The van der Waals surface area contributed by atoms with Crippen LogP contribution in [0.4, 0.5) is 5.82 Å². The summed E-state index contributed by atoms with van der Waals surface area (Å²) in [5.74, 6) is 5.95. The Labute approximate surface area is 111 Å². The quantitative estimate of drug-likeness (QED) is 0.289. The molecule has 0 aliphatic heterocycles. The Morgan fingerprint density at radius 2 is 2.18 bits per heavy atom. The maximum absolute atomic E-state index is 5.36. The first-order valence-electron chi connectivity index (χ1n) is 4.59. The van der Waals surface area contributed by atoms with Crippen molar-refractivity contribution < 1.29 is 0 Å². The minimum absolute atomic E-state index is 0.591. The number of nitrogen functional groups attached to an aromatic ring is 1. The fraction of sp³-hybridized carbons (Fsp3) is 0.250. The number of rotatable bonds is 4. The number of anilines is 1. The minimum atomic E-state index is 0.591. The van der Waals surface area contributed by atoms with Crippen molar-refractivity contribution in [3.8, 4) is 0 Å². The first-order chi connectivity index (χ1) is 8.21. The topological polar surface area (TPSA) is 89.6 Å². The molecular formula is C8H10N6S3. The fourth-order valence-electron chi connectivity index (χ4n) is 1.03. The minimum Gasteiger partial charge on any atom is -0.308 e. The van der Waals surface area contributed by atoms with E-state index < -0.39 is 0 Å². The van der Waals surface area contributed by atoms with Crippen molar-refractivity contribution in [3.05, 3.63) is 11.1 Å². The molecule has 0 aromatic carbocycles. The van der Waals surface area contributed by atoms with Gasteiger partial charge < -0.3 is 5.43 Å². The van der Waals surface area contributed by atoms with Gasteiger partial charge in [0.1, 0.15) is 15.9 Å². The van der Waals surface area contributed by atoms with Crippen molar-refractivity contribution >= 4 is 40.7 Å². The second-order valence-corrected chi connectivity index (χ2v) is 6.13. The lowest BCUT2D eigenvalue weighted by Crippen LogP contribution is -2.09. The maximum Gasteiger partial charge on any atom is 0.190 e. The maximum atomic E-state index is 5.36. The summed E-state index contributed by atoms with van der Waals surface area (Å²) in [5.41, 5.74) is 2.52. The molecule has 6 nitrogen and oxygen atoms in total. The third-order valence-electron chi connectivity index (χ3n) is 1.71. The number of hydrogen-bond donors (Lipinski definition) is 2. The highest BCUT2D eigenvalue weighted by Crippen LogP contribution is 2.30. The molecule has 2 heterocycles. The van der Waals surface area contributed by atoms with Gasteiger partial charge in [-0.2, -0.15) is 0 Å². The van der Waals surface area contributed by atoms with Crippen LogP contribution in [-0.4, -0.2) is 26.4 Å². The van der Waals surface area contributed by atoms with Crippen molar-refractivity contribution in [1.82, 2.24) is 20.2 Å². The largest absolute Gasteiger partial charge is 0.308 e. The summed E-state index contributed by atoms with van der Waals surface area (Å²) < 4.78 is 0.858. The van der Waals surface area contributed by atoms with E-state index in [0.717, 1.165) is 14.4 Å². The molecule has 0 amide bonds. The first-order valence-corrected chi connectivity index (χ1v) is 7.44. The molecule has 3 N–H and O–H groups in total. The fourth-order valence-corrected chi connectivity index (χ4v) is 3.23. The van der Waals surface area contributed by atoms with Gasteiger partial charge in [-0.15, -0.1) is 10.2 Å². The van der Waals surface area contributed by atoms with Crippen LogP contribution in [-0.2, 0) is 0 Å². The number of nitrogens with two attached hydrogens (primary N) is 1. The van der Waals surface area contributed by atoms with Crippen LogP contribution in [0.5, 0.6) is 0 Å². The van der Waals surface area contributed by atoms with Crippen LogP contribution < -0.4 is 11.3 Å². The number of aryl methyl sites for hydroxylation is 1. The lowest BCUT2D eigenvalue weighted by Gasteiger charge is -2.03. The van der Waals surface area contributed by atoms with Gasteiger partial charge in [-0.05, 0) is 24.9 Å². The predicted octanol–water partition coefficient (Wildman–Crippen LogP) is 1.80. The summed E-state index contributed by atoms with van der Waals surface area (Å²) in [6.07, 6.45) is 1.92. The van der Waals surface area contributed by atoms with Crippen LogP contribution >= 0.6 is 34.9 Å². The van der Waals surface area contributed by atoms with Gasteiger partial charge in [-0.25, -0.2) is 15.8 Å². The molecule has 0 saturated carbocycles. The highest BCUT2D eigenvalue weighted by molar-refractivity contribution is 8.01. The third kappa shape index (κ3) is 3.28. The molecule has 0 fully saturated rings. The van der Waals surface area contributed by atoms with Crippen molar-refractivity contribution in [1.29, 1.82) is 0 Å². The average molecular weight is 286 g/mol. The standard InChI is InChI=1S/C8H10N6S3/c1-4-13-14-8(16-4)17-6-3-5(12-9)10-7(11-6)15-2/h3H,9H2,1-2H3,(H,10,11,12). The number of nitrogens with one attached hydrogen (secondary N) is 1. The molecular weight excluding hydrogens is 276 g/mol. The Morgan fingerprint density at radius 1 is 1.35 bits per heavy atom. The summed E-state index contributed by atoms with van der Waals surface area (Å²) in [6, 6.07) is 1.78. The summed E-state index contributed by atoms with van der Waals surface area (Å²) in [7, 11) is 0. The molecule has 0 saturated heterocycles. The molecule has 17 heavy (non-hydrogen) atoms. The highest BCUT2D eigenvalue weighted by atomic mass is 32.2. The molecule has 2 rings (SSSR count). The van der Waals surface area contributed by atoms with E-state index in [4.69, 9.17) is 5.84 Å². The van der Waals surface area contributed by atoms with Gasteiger partial charge in [0.25, 0.3) is 0 Å². The zero-order valence-electron chi connectivity index (χ0n) is 9.17. The van der Waals surface area contributed by atoms with E-state index in [1.807, 2.05) is 13.2 Å². The van der Waals surface area contributed by atoms with Gasteiger partial charge in [-0.1, -0.05) is 23.1 Å². The van der Waals surface area contributed by atoms with Crippen LogP contribution in [0.15, 0.2) is 20.6 Å². The van der Waals surface area contributed by atoms with Crippen molar-refractivity contribution in [3.63, 3.8) is 0 Å². The zero-order valence-corrected chi connectivity index (χ0v) is 11.6. The van der Waals surface area contributed by atoms with E-state index >= 15 is 0 Å². The van der Waals surface area contributed by atoms with Crippen LogP contribution in [0.2, 0.25) is 0 Å². The van der Waals surface area contributed by atoms with E-state index in [0.29, 0.717) is 11.0 Å². The molecule has 0 bridgehead atoms. The lowest BCUT2D eigenvalue weighted by atomic mass is 10.6. The smallest absolute Gasteiger partial charge is 0.190 e. The van der Waals surface area contributed by atoms with Gasteiger partial charge in [0.05, 0.1) is 0 Å². The number of nitrogens with zero attached hydrogens (tertiary/aromatic N) is 4. The number of hydrogen-bond acceptors (Lipinski definition) is 9. The Kier molecular flexibility index (Phi) is 4.15. The Hall–Kier alpha value is -0.900. The van der Waals surface area contributed by atoms with Crippen molar-refractivity contribution in [2.45, 2.75) is 21.4 Å². The van der Waals surface area contributed by atoms with E-state index in [1.165, 1.54) is 34.9 Å². The van der Waals surface area contributed by atoms with Crippen LogP contribution in [0, 0.1) is 6.92 Å². The van der Waals surface area contributed by atoms with Gasteiger partial charge in [0.15, 0.2) is 9.50 Å². The highest BCUT2D eigenvalue weighted by Gasteiger charge is 2.08. The Bertz CT molecular complexity index is 491. The van der Waals surface area contributed by atoms with E-state index in [9.17, 15) is 0 Å². The summed E-state index contributed by atoms with van der Waals surface area (Å²) >= 11 is 4.45. The molecule has 2 aromatic heterocycles. The first kappa shape index (κ1) is 12.6. The molecule has 2 aromatic rings. The number of hydrazine groups is 1. The molecule has 0 aliphatic rings. The summed E-state index contributed by atoms with van der Waals surface area (Å²) in [4.78, 5) is 8.55. The van der Waals surface area contributed by atoms with Gasteiger partial charge >= 0.3 is 0 Å². The molecule has 0 atom stereocenters. The molecule has 9 heteroatoms. The van der Waals surface area contributed by atoms with Gasteiger partial charge in [-0.3, -0.25) is 0 Å². The second-order valence-electron chi connectivity index (χ2n) is 2.91. The molecule has 0 unspecified atom stereocenters. The van der Waals surface area contributed by atoms with Crippen LogP contribution in [0.25, 0.3) is 0 Å². The third-order valence-corrected chi connectivity index (χ3v) is 4.07.